The summed E-state index contributed by atoms with van der Waals surface area (Å²) in [7, 11) is 1.77. The van der Waals surface area contributed by atoms with Crippen molar-refractivity contribution < 1.29 is 4.79 Å². The number of amides is 1. The molecule has 0 N–H and O–H groups in total. The average molecular weight is 223 g/mol. The van der Waals surface area contributed by atoms with Gasteiger partial charge in [-0.2, -0.15) is 0 Å². The van der Waals surface area contributed by atoms with Crippen LogP contribution in [0, 0.1) is 0 Å². The number of carbonyl (C=O) groups excluding carboxylic acids is 1. The molecule has 2 nitrogen and oxygen atoms in total. The fourth-order valence-electron chi connectivity index (χ4n) is 2.41. The smallest absolute Gasteiger partial charge is 0.213 e. The summed E-state index contributed by atoms with van der Waals surface area (Å²) < 4.78 is 0. The third-order valence-electron chi connectivity index (χ3n) is 3.34. The molecule has 1 aliphatic carbocycles. The molecule has 0 atom stereocenters. The van der Waals surface area contributed by atoms with E-state index in [9.17, 15) is 4.79 Å². The van der Waals surface area contributed by atoms with E-state index < -0.39 is 0 Å². The Morgan fingerprint density at radius 2 is 1.82 bits per heavy atom. The minimum Gasteiger partial charge on any atom is -0.318 e. The summed E-state index contributed by atoms with van der Waals surface area (Å²) in [6.07, 6.45) is 1.80. The number of nitrogens with zero attached hydrogens (tertiary/aromatic N) is 1. The number of benzene rings is 2. The first kappa shape index (κ1) is 10.1. The van der Waals surface area contributed by atoms with Gasteiger partial charge in [0.1, 0.15) is 0 Å². The number of hydrogen-bond donors (Lipinski definition) is 0. The highest BCUT2D eigenvalue weighted by Gasteiger charge is 2.18. The van der Waals surface area contributed by atoms with E-state index in [1.807, 2.05) is 6.07 Å². The van der Waals surface area contributed by atoms with Crippen LogP contribution in [0.4, 0.5) is 5.69 Å². The van der Waals surface area contributed by atoms with Crippen LogP contribution in [-0.2, 0) is 11.2 Å². The van der Waals surface area contributed by atoms with Gasteiger partial charge in [-0.3, -0.25) is 4.79 Å². The van der Waals surface area contributed by atoms with E-state index in [0.29, 0.717) is 0 Å². The van der Waals surface area contributed by atoms with E-state index in [4.69, 9.17) is 0 Å². The lowest BCUT2D eigenvalue weighted by molar-refractivity contribution is -0.107. The summed E-state index contributed by atoms with van der Waals surface area (Å²) in [6.45, 7) is 0. The highest BCUT2D eigenvalue weighted by molar-refractivity contribution is 5.81. The van der Waals surface area contributed by atoms with Gasteiger partial charge in [-0.25, -0.2) is 0 Å². The molecule has 0 fully saturated rings. The molecule has 0 aliphatic heterocycles. The van der Waals surface area contributed by atoms with Crippen molar-refractivity contribution >= 4 is 12.1 Å². The van der Waals surface area contributed by atoms with E-state index in [1.54, 1.807) is 11.9 Å². The Bertz CT molecular complexity index is 589. The van der Waals surface area contributed by atoms with Crippen molar-refractivity contribution in [1.82, 2.24) is 0 Å². The molecule has 84 valence electrons. The zero-order valence-electron chi connectivity index (χ0n) is 9.68. The number of hydrogen-bond acceptors (Lipinski definition) is 1. The zero-order chi connectivity index (χ0) is 11.8. The van der Waals surface area contributed by atoms with Crippen molar-refractivity contribution in [1.29, 1.82) is 0 Å². The van der Waals surface area contributed by atoms with Gasteiger partial charge in [-0.05, 0) is 40.8 Å². The molecule has 0 saturated heterocycles. The maximum Gasteiger partial charge on any atom is 0.213 e. The molecule has 0 aromatic heterocycles. The highest BCUT2D eigenvalue weighted by atomic mass is 16.1. The van der Waals surface area contributed by atoms with Crippen molar-refractivity contribution in [3.63, 3.8) is 0 Å². The van der Waals surface area contributed by atoms with Gasteiger partial charge in [0, 0.05) is 12.7 Å². The first-order valence-corrected chi connectivity index (χ1v) is 5.69. The molecular weight excluding hydrogens is 210 g/mol. The van der Waals surface area contributed by atoms with Gasteiger partial charge >= 0.3 is 0 Å². The Morgan fingerprint density at radius 1 is 1.06 bits per heavy atom. The monoisotopic (exact) mass is 223 g/mol. The van der Waals surface area contributed by atoms with Crippen LogP contribution in [0.3, 0.4) is 0 Å². The van der Waals surface area contributed by atoms with Crippen LogP contribution >= 0.6 is 0 Å². The summed E-state index contributed by atoms with van der Waals surface area (Å²) in [5.41, 5.74) is 6.24. The van der Waals surface area contributed by atoms with Crippen LogP contribution in [0.5, 0.6) is 0 Å². The number of fused-ring (bicyclic) bond motifs is 3. The van der Waals surface area contributed by atoms with Gasteiger partial charge in [0.05, 0.1) is 0 Å². The van der Waals surface area contributed by atoms with Gasteiger partial charge in [0.2, 0.25) is 6.41 Å². The first-order valence-electron chi connectivity index (χ1n) is 5.69. The molecule has 2 heteroatoms. The molecule has 0 spiro atoms. The van der Waals surface area contributed by atoms with Crippen LogP contribution in [0.15, 0.2) is 42.5 Å². The summed E-state index contributed by atoms with van der Waals surface area (Å²) in [5.74, 6) is 0. The Balaban J connectivity index is 2.10. The minimum atomic E-state index is 0.837. The van der Waals surface area contributed by atoms with Gasteiger partial charge in [-0.15, -0.1) is 0 Å². The average Bonchev–Trinajstić information content (AvgIpc) is 2.75. The van der Waals surface area contributed by atoms with E-state index in [2.05, 4.69) is 36.4 Å². The second-order valence-corrected chi connectivity index (χ2v) is 4.39. The van der Waals surface area contributed by atoms with Crippen molar-refractivity contribution in [2.45, 2.75) is 6.42 Å². The number of rotatable bonds is 2. The topological polar surface area (TPSA) is 20.3 Å². The van der Waals surface area contributed by atoms with E-state index in [0.717, 1.165) is 18.5 Å². The lowest BCUT2D eigenvalue weighted by atomic mass is 10.1. The standard InChI is InChI=1S/C15H13NO/c1-16(10-17)13-6-7-15-12(9-13)8-11-4-2-3-5-14(11)15/h2-7,9-10H,8H2,1H3. The second-order valence-electron chi connectivity index (χ2n) is 4.39. The van der Waals surface area contributed by atoms with Crippen LogP contribution in [0.2, 0.25) is 0 Å². The van der Waals surface area contributed by atoms with Crippen molar-refractivity contribution in [3.8, 4) is 11.1 Å². The minimum absolute atomic E-state index is 0.837. The quantitative estimate of drug-likeness (QED) is 0.612. The molecular formula is C15H13NO. The van der Waals surface area contributed by atoms with E-state index in [-0.39, 0.29) is 0 Å². The van der Waals surface area contributed by atoms with Crippen LogP contribution < -0.4 is 4.90 Å². The molecule has 1 amide bonds. The Morgan fingerprint density at radius 3 is 2.65 bits per heavy atom. The maximum atomic E-state index is 10.7. The second kappa shape index (κ2) is 3.74. The van der Waals surface area contributed by atoms with E-state index in [1.165, 1.54) is 22.3 Å². The summed E-state index contributed by atoms with van der Waals surface area (Å²) >= 11 is 0. The Hall–Kier alpha value is -2.09. The molecule has 1 aliphatic rings. The summed E-state index contributed by atoms with van der Waals surface area (Å²) in [4.78, 5) is 12.4. The predicted octanol–water partition coefficient (Wildman–Crippen LogP) is 2.85. The third kappa shape index (κ3) is 1.53. The number of anilines is 1. The van der Waals surface area contributed by atoms with Crippen LogP contribution in [0.1, 0.15) is 11.1 Å². The molecule has 0 radical (unpaired) electrons. The van der Waals surface area contributed by atoms with Gasteiger partial charge in [0.15, 0.2) is 0 Å². The van der Waals surface area contributed by atoms with Crippen molar-refractivity contribution in [3.05, 3.63) is 53.6 Å². The first-order chi connectivity index (χ1) is 8.29. The Labute approximate surface area is 100 Å². The molecule has 0 bridgehead atoms. The highest BCUT2D eigenvalue weighted by Crippen LogP contribution is 2.37. The zero-order valence-corrected chi connectivity index (χ0v) is 9.68. The molecule has 3 rings (SSSR count). The molecule has 0 heterocycles. The van der Waals surface area contributed by atoms with Crippen LogP contribution in [0.25, 0.3) is 11.1 Å². The van der Waals surface area contributed by atoms with Crippen molar-refractivity contribution in [2.75, 3.05) is 11.9 Å². The van der Waals surface area contributed by atoms with Gasteiger partial charge in [-0.1, -0.05) is 30.3 Å². The summed E-state index contributed by atoms with van der Waals surface area (Å²) in [6, 6.07) is 14.7. The van der Waals surface area contributed by atoms with Gasteiger partial charge in [0.25, 0.3) is 0 Å². The fraction of sp³-hybridized carbons (Fsp3) is 0.133. The molecule has 2 aromatic carbocycles. The Kier molecular flexibility index (Phi) is 2.22. The molecule has 0 saturated carbocycles. The van der Waals surface area contributed by atoms with Crippen LogP contribution in [-0.4, -0.2) is 13.5 Å². The molecule has 17 heavy (non-hydrogen) atoms. The third-order valence-corrected chi connectivity index (χ3v) is 3.34. The molecule has 2 aromatic rings. The predicted molar refractivity (Wildman–Crippen MR) is 69.2 cm³/mol. The largest absolute Gasteiger partial charge is 0.318 e. The maximum absolute atomic E-state index is 10.7. The van der Waals surface area contributed by atoms with E-state index >= 15 is 0 Å². The SMILES string of the molecule is CN(C=O)c1ccc2c(c1)Cc1ccccc1-2. The molecule has 0 unspecified atom stereocenters. The van der Waals surface area contributed by atoms with Gasteiger partial charge < -0.3 is 4.90 Å². The lowest BCUT2D eigenvalue weighted by Crippen LogP contribution is -2.13. The normalized spacial score (nSPS) is 11.8. The number of carbonyl (C=O) groups is 1. The summed E-state index contributed by atoms with van der Waals surface area (Å²) in [5, 5.41) is 0. The fourth-order valence-corrected chi connectivity index (χ4v) is 2.41. The van der Waals surface area contributed by atoms with Crippen molar-refractivity contribution in [2.24, 2.45) is 0 Å². The lowest BCUT2D eigenvalue weighted by Gasteiger charge is -2.12.